The molecule has 0 aliphatic carbocycles. The Labute approximate surface area is 159 Å². The van der Waals surface area contributed by atoms with E-state index in [0.717, 1.165) is 10.0 Å². The molecule has 0 atom stereocenters. The summed E-state index contributed by atoms with van der Waals surface area (Å²) in [6.45, 7) is 1.91. The van der Waals surface area contributed by atoms with Crippen molar-refractivity contribution >= 4 is 61.5 Å². The van der Waals surface area contributed by atoms with E-state index in [1.54, 1.807) is 30.3 Å². The minimum Gasteiger partial charge on any atom is -0.507 e. The number of hydrogen-bond acceptors (Lipinski definition) is 4. The molecule has 0 heterocycles. The van der Waals surface area contributed by atoms with Gasteiger partial charge in [-0.15, -0.1) is 11.8 Å². The van der Waals surface area contributed by atoms with Crippen molar-refractivity contribution < 1.29 is 9.90 Å². The van der Waals surface area contributed by atoms with Gasteiger partial charge in [0.25, 0.3) is 0 Å². The van der Waals surface area contributed by atoms with Gasteiger partial charge in [0, 0.05) is 21.7 Å². The number of ketones is 1. The molecule has 0 radical (unpaired) electrons. The third kappa shape index (κ3) is 4.93. The molecule has 0 amide bonds. The Kier molecular flexibility index (Phi) is 6.60. The van der Waals surface area contributed by atoms with E-state index in [2.05, 4.69) is 21.2 Å². The minimum atomic E-state index is -0.287. The van der Waals surface area contributed by atoms with Crippen LogP contribution >= 0.6 is 39.9 Å². The van der Waals surface area contributed by atoms with Crippen LogP contribution in [-0.2, 0) is 0 Å². The van der Waals surface area contributed by atoms with Crippen LogP contribution in [0.4, 0.5) is 5.69 Å². The van der Waals surface area contributed by atoms with Crippen molar-refractivity contribution in [3.8, 4) is 0 Å². The maximum Gasteiger partial charge on any atom is 0.191 e. The summed E-state index contributed by atoms with van der Waals surface area (Å²) in [5.74, 6) is -0.363. The second-order valence-corrected chi connectivity index (χ2v) is 7.47. The highest BCUT2D eigenvalue weighted by Gasteiger charge is 2.12. The van der Waals surface area contributed by atoms with E-state index in [0.29, 0.717) is 21.1 Å². The lowest BCUT2D eigenvalue weighted by Gasteiger charge is -2.11. The lowest BCUT2D eigenvalue weighted by Crippen LogP contribution is -2.09. The highest BCUT2D eigenvalue weighted by Crippen LogP contribution is 2.22. The molecule has 2 N–H and O–H groups in total. The molecule has 124 valence electrons. The van der Waals surface area contributed by atoms with E-state index in [-0.39, 0.29) is 11.5 Å². The number of rotatable bonds is 4. The van der Waals surface area contributed by atoms with E-state index in [1.807, 2.05) is 25.3 Å². The van der Waals surface area contributed by atoms with Gasteiger partial charge in [0.05, 0.1) is 5.69 Å². The molecule has 2 rings (SSSR count). The first kappa shape index (κ1) is 18.7. The van der Waals surface area contributed by atoms with Crippen LogP contribution in [0.15, 0.2) is 53.0 Å². The number of aryl methyl sites for hydroxylation is 1. The normalized spacial score (nSPS) is 11.2. The first-order chi connectivity index (χ1) is 11.4. The summed E-state index contributed by atoms with van der Waals surface area (Å²) in [6, 6.07) is 12.6. The van der Waals surface area contributed by atoms with Crippen LogP contribution in [0.1, 0.15) is 21.5 Å². The van der Waals surface area contributed by atoms with Crippen LogP contribution in [0, 0.1) is 6.92 Å². The number of thioether (sulfide) groups is 1. The summed E-state index contributed by atoms with van der Waals surface area (Å²) < 4.78 is 1.48. The SMILES string of the molecule is CSC(=S)Nc1ccc(C)cc1C(=O)/C=C(\O)c1ccc(Br)cc1. The van der Waals surface area contributed by atoms with Crippen LogP contribution in [0.5, 0.6) is 0 Å². The van der Waals surface area contributed by atoms with Crippen LogP contribution in [0.2, 0.25) is 0 Å². The molecular formula is C18H16BrNO2S2. The zero-order valence-corrected chi connectivity index (χ0v) is 16.4. The molecule has 2 aromatic rings. The van der Waals surface area contributed by atoms with E-state index in [9.17, 15) is 9.90 Å². The molecule has 0 spiro atoms. The molecule has 24 heavy (non-hydrogen) atoms. The second kappa shape index (κ2) is 8.46. The number of thiocarbonyl (C=S) groups is 1. The highest BCUT2D eigenvalue weighted by atomic mass is 79.9. The molecule has 0 saturated carbocycles. The summed E-state index contributed by atoms with van der Waals surface area (Å²) >= 11 is 9.90. The van der Waals surface area contributed by atoms with Crippen LogP contribution in [0.3, 0.4) is 0 Å². The standard InChI is InChI=1S/C18H16BrNO2S2/c1-11-3-8-15(20-18(23)24-2)14(9-11)17(22)10-16(21)12-4-6-13(19)7-5-12/h3-10,21H,1-2H3,(H,20,23)/b16-10-. The predicted octanol–water partition coefficient (Wildman–Crippen LogP) is 5.60. The summed E-state index contributed by atoms with van der Waals surface area (Å²) in [5, 5.41) is 13.3. The molecule has 6 heteroatoms. The van der Waals surface area contributed by atoms with E-state index < -0.39 is 0 Å². The fourth-order valence-corrected chi connectivity index (χ4v) is 2.62. The first-order valence-electron chi connectivity index (χ1n) is 7.07. The summed E-state index contributed by atoms with van der Waals surface area (Å²) in [4.78, 5) is 12.6. The predicted molar refractivity (Wildman–Crippen MR) is 110 cm³/mol. The van der Waals surface area contributed by atoms with Crippen molar-refractivity contribution in [2.24, 2.45) is 0 Å². The monoisotopic (exact) mass is 421 g/mol. The number of hydrogen-bond donors (Lipinski definition) is 2. The maximum absolute atomic E-state index is 12.6. The number of benzene rings is 2. The molecule has 0 unspecified atom stereocenters. The fourth-order valence-electron chi connectivity index (χ4n) is 2.04. The molecule has 0 aliphatic rings. The lowest BCUT2D eigenvalue weighted by molar-refractivity contribution is 0.104. The van der Waals surface area contributed by atoms with Gasteiger partial charge in [0.15, 0.2) is 5.78 Å². The smallest absolute Gasteiger partial charge is 0.191 e. The third-order valence-electron chi connectivity index (χ3n) is 3.27. The van der Waals surface area contributed by atoms with Crippen molar-refractivity contribution in [2.45, 2.75) is 6.92 Å². The average molecular weight is 422 g/mol. The molecule has 3 nitrogen and oxygen atoms in total. The quantitative estimate of drug-likeness (QED) is 0.291. The molecule has 0 aliphatic heterocycles. The minimum absolute atomic E-state index is 0.0765. The van der Waals surface area contributed by atoms with Crippen LogP contribution in [0.25, 0.3) is 5.76 Å². The van der Waals surface area contributed by atoms with Gasteiger partial charge in [-0.05, 0) is 37.4 Å². The van der Waals surface area contributed by atoms with E-state index in [4.69, 9.17) is 12.2 Å². The Balaban J connectivity index is 2.34. The van der Waals surface area contributed by atoms with Crippen molar-refractivity contribution in [3.05, 3.63) is 69.7 Å². The Morgan fingerprint density at radius 1 is 1.25 bits per heavy atom. The number of aliphatic hydroxyl groups excluding tert-OH is 1. The molecule has 2 aromatic carbocycles. The van der Waals surface area contributed by atoms with Gasteiger partial charge in [0.2, 0.25) is 0 Å². The zero-order valence-electron chi connectivity index (χ0n) is 13.2. The number of carbonyl (C=O) groups excluding carboxylic acids is 1. The van der Waals surface area contributed by atoms with Crippen molar-refractivity contribution in [1.29, 1.82) is 0 Å². The third-order valence-corrected chi connectivity index (χ3v) is 4.87. The molecular weight excluding hydrogens is 406 g/mol. The zero-order chi connectivity index (χ0) is 17.7. The van der Waals surface area contributed by atoms with E-state index in [1.165, 1.54) is 17.8 Å². The van der Waals surface area contributed by atoms with Gasteiger partial charge in [-0.1, -0.05) is 51.9 Å². The molecule has 0 bridgehead atoms. The largest absolute Gasteiger partial charge is 0.507 e. The van der Waals surface area contributed by atoms with Crippen LogP contribution < -0.4 is 5.32 Å². The molecule has 0 fully saturated rings. The fraction of sp³-hybridized carbons (Fsp3) is 0.111. The van der Waals surface area contributed by atoms with Crippen molar-refractivity contribution in [1.82, 2.24) is 0 Å². The number of halogens is 1. The van der Waals surface area contributed by atoms with Gasteiger partial charge in [-0.2, -0.15) is 0 Å². The van der Waals surface area contributed by atoms with Crippen LogP contribution in [-0.4, -0.2) is 21.5 Å². The van der Waals surface area contributed by atoms with Gasteiger partial charge in [-0.25, -0.2) is 0 Å². The highest BCUT2D eigenvalue weighted by molar-refractivity contribution is 9.10. The van der Waals surface area contributed by atoms with Gasteiger partial charge in [0.1, 0.15) is 10.1 Å². The molecule has 0 saturated heterocycles. The Morgan fingerprint density at radius 3 is 2.54 bits per heavy atom. The first-order valence-corrected chi connectivity index (χ1v) is 9.50. The van der Waals surface area contributed by atoms with E-state index >= 15 is 0 Å². The van der Waals surface area contributed by atoms with Crippen molar-refractivity contribution in [2.75, 3.05) is 11.6 Å². The van der Waals surface area contributed by atoms with Gasteiger partial charge < -0.3 is 10.4 Å². The number of anilines is 1. The number of nitrogens with one attached hydrogen (secondary N) is 1. The number of allylic oxidation sites excluding steroid dienone is 1. The average Bonchev–Trinajstić information content (AvgIpc) is 2.56. The topological polar surface area (TPSA) is 49.3 Å². The Hall–Kier alpha value is -1.63. The summed E-state index contributed by atoms with van der Waals surface area (Å²) in [7, 11) is 0. The Morgan fingerprint density at radius 2 is 1.92 bits per heavy atom. The summed E-state index contributed by atoms with van der Waals surface area (Å²) in [5.41, 5.74) is 2.63. The number of aliphatic hydroxyl groups is 1. The van der Waals surface area contributed by atoms with Gasteiger partial charge in [-0.3, -0.25) is 4.79 Å². The van der Waals surface area contributed by atoms with Gasteiger partial charge >= 0.3 is 0 Å². The Bertz CT molecular complexity index is 801. The lowest BCUT2D eigenvalue weighted by atomic mass is 10.0. The maximum atomic E-state index is 12.6. The van der Waals surface area contributed by atoms with Crippen molar-refractivity contribution in [3.63, 3.8) is 0 Å². The molecule has 0 aromatic heterocycles. The summed E-state index contributed by atoms with van der Waals surface area (Å²) in [6.07, 6.45) is 3.09. The second-order valence-electron chi connectivity index (χ2n) is 5.07. The number of carbonyl (C=O) groups is 1.